The van der Waals surface area contributed by atoms with Gasteiger partial charge in [0, 0.05) is 21.9 Å². The molecule has 1 heterocycles. The van der Waals surface area contributed by atoms with Crippen LogP contribution in [0.1, 0.15) is 52.7 Å². The number of hydrogen-bond donors (Lipinski definition) is 1. The number of hydrogen-bond acceptors (Lipinski definition) is 7. The van der Waals surface area contributed by atoms with E-state index >= 15 is 0 Å². The summed E-state index contributed by atoms with van der Waals surface area (Å²) < 4.78 is 62.7. The lowest BCUT2D eigenvalue weighted by atomic mass is 9.84. The molecule has 0 saturated carbocycles. The number of rotatable bonds is 5. The maximum Gasteiger partial charge on any atom is 0.453 e. The minimum absolute atomic E-state index is 0.236. The van der Waals surface area contributed by atoms with Gasteiger partial charge in [0.2, 0.25) is 0 Å². The summed E-state index contributed by atoms with van der Waals surface area (Å²) in [4.78, 5) is -0.236. The molecule has 0 unspecified atom stereocenters. The van der Waals surface area contributed by atoms with Gasteiger partial charge in [-0.3, -0.25) is 4.55 Å². The van der Waals surface area contributed by atoms with Crippen LogP contribution >= 0.6 is 8.24 Å². The number of fused-ring (bicyclic) bond motifs is 3. The molecular formula is C28H33O8PS. The second-order valence-electron chi connectivity index (χ2n) is 11.0. The Morgan fingerprint density at radius 1 is 0.711 bits per heavy atom. The molecule has 0 amide bonds. The van der Waals surface area contributed by atoms with E-state index in [2.05, 4.69) is 41.5 Å². The van der Waals surface area contributed by atoms with Crippen LogP contribution in [0.2, 0.25) is 0 Å². The first kappa shape index (κ1) is 27.9. The Kier molecular flexibility index (Phi) is 7.25. The summed E-state index contributed by atoms with van der Waals surface area (Å²) in [5.41, 5.74) is 2.39. The van der Waals surface area contributed by atoms with Crippen LogP contribution in [0.5, 0.6) is 17.2 Å². The lowest BCUT2D eigenvalue weighted by Crippen LogP contribution is -2.12. The quantitative estimate of drug-likeness (QED) is 0.245. The van der Waals surface area contributed by atoms with Crippen LogP contribution in [0.25, 0.3) is 21.9 Å². The molecule has 3 aromatic carbocycles. The zero-order valence-corrected chi connectivity index (χ0v) is 24.5. The van der Waals surface area contributed by atoms with E-state index in [0.717, 1.165) is 21.9 Å². The van der Waals surface area contributed by atoms with Crippen molar-refractivity contribution in [2.75, 3.05) is 14.2 Å². The third-order valence-electron chi connectivity index (χ3n) is 6.14. The van der Waals surface area contributed by atoms with Crippen LogP contribution < -0.4 is 14.0 Å². The van der Waals surface area contributed by atoms with E-state index in [9.17, 15) is 13.0 Å². The summed E-state index contributed by atoms with van der Waals surface area (Å²) in [6.45, 7) is 12.5. The molecule has 0 spiro atoms. The van der Waals surface area contributed by atoms with Gasteiger partial charge in [0.1, 0.15) is 28.4 Å². The number of benzene rings is 3. The molecule has 0 aliphatic rings. The zero-order valence-electron chi connectivity index (χ0n) is 22.8. The average Bonchev–Trinajstić information content (AvgIpc) is 2.97. The van der Waals surface area contributed by atoms with E-state index in [1.807, 2.05) is 24.3 Å². The lowest BCUT2D eigenvalue weighted by molar-refractivity contribution is 0.413. The predicted octanol–water partition coefficient (Wildman–Crippen LogP) is 7.99. The van der Waals surface area contributed by atoms with Crippen LogP contribution in [0.15, 0.2) is 61.8 Å². The van der Waals surface area contributed by atoms with E-state index in [1.54, 1.807) is 14.2 Å². The average molecular weight is 561 g/mol. The largest absolute Gasteiger partial charge is 0.497 e. The molecular weight excluding hydrogens is 527 g/mol. The van der Waals surface area contributed by atoms with E-state index in [4.69, 9.17) is 22.4 Å². The highest BCUT2D eigenvalue weighted by molar-refractivity contribution is 7.85. The van der Waals surface area contributed by atoms with Gasteiger partial charge in [-0.1, -0.05) is 41.5 Å². The van der Waals surface area contributed by atoms with E-state index in [-0.39, 0.29) is 15.7 Å². The van der Waals surface area contributed by atoms with Crippen molar-refractivity contribution in [3.05, 3.63) is 59.7 Å². The fourth-order valence-electron chi connectivity index (χ4n) is 4.11. The summed E-state index contributed by atoms with van der Waals surface area (Å²) in [6, 6.07) is 13.1. The topological polar surface area (TPSA) is 108 Å². The first-order valence-corrected chi connectivity index (χ1v) is 14.5. The lowest BCUT2D eigenvalue weighted by Gasteiger charge is -2.21. The van der Waals surface area contributed by atoms with Crippen molar-refractivity contribution in [3.8, 4) is 17.2 Å². The Bertz CT molecular complexity index is 1560. The van der Waals surface area contributed by atoms with Crippen molar-refractivity contribution in [3.63, 3.8) is 0 Å². The van der Waals surface area contributed by atoms with Gasteiger partial charge in [-0.15, -0.1) is 0 Å². The van der Waals surface area contributed by atoms with Crippen molar-refractivity contribution in [2.45, 2.75) is 57.3 Å². The Morgan fingerprint density at radius 2 is 1.13 bits per heavy atom. The molecule has 4 aromatic rings. The van der Waals surface area contributed by atoms with Gasteiger partial charge in [-0.2, -0.15) is 8.42 Å². The molecule has 1 N–H and O–H groups in total. The van der Waals surface area contributed by atoms with Crippen LogP contribution in [0.3, 0.4) is 0 Å². The van der Waals surface area contributed by atoms with Crippen LogP contribution in [-0.2, 0) is 20.9 Å². The molecule has 0 aliphatic carbocycles. The molecule has 0 fully saturated rings. The van der Waals surface area contributed by atoms with Crippen LogP contribution in [-0.4, -0.2) is 27.2 Å². The fraction of sp³-hybridized carbons (Fsp3) is 0.357. The molecule has 0 aliphatic heterocycles. The molecule has 4 rings (SSSR count). The first-order chi connectivity index (χ1) is 17.6. The highest BCUT2D eigenvalue weighted by Gasteiger charge is 2.26. The molecule has 0 bridgehead atoms. The summed E-state index contributed by atoms with van der Waals surface area (Å²) in [7, 11) is -3.11. The Labute approximate surface area is 223 Å². The fourth-order valence-corrected chi connectivity index (χ4v) is 5.69. The van der Waals surface area contributed by atoms with Crippen molar-refractivity contribution >= 4 is 40.3 Å². The molecule has 8 nitrogen and oxygen atoms in total. The highest BCUT2D eigenvalue weighted by Crippen LogP contribution is 2.45. The monoisotopic (exact) mass is 560 g/mol. The van der Waals surface area contributed by atoms with Gasteiger partial charge in [-0.25, -0.2) is 0 Å². The van der Waals surface area contributed by atoms with Gasteiger partial charge >= 0.3 is 8.24 Å². The Morgan fingerprint density at radius 3 is 1.47 bits per heavy atom. The van der Waals surface area contributed by atoms with Gasteiger partial charge in [0.05, 0.1) is 19.1 Å². The van der Waals surface area contributed by atoms with Gasteiger partial charge < -0.3 is 22.4 Å². The van der Waals surface area contributed by atoms with Crippen LogP contribution in [0, 0.1) is 0 Å². The summed E-state index contributed by atoms with van der Waals surface area (Å²) >= 11 is 0. The SMILES string of the molecule is COc1cc(C(C)(C)C)c2op(Oc3ccc(S(=O)(=O)O)cc3)oc3c(C(C)(C)C)cc(OC)cc3c2c1. The number of ether oxygens (including phenoxy) is 2. The van der Waals surface area contributed by atoms with Gasteiger partial charge in [-0.05, 0) is 59.4 Å². The maximum absolute atomic E-state index is 11.5. The second-order valence-corrected chi connectivity index (χ2v) is 13.5. The first-order valence-electron chi connectivity index (χ1n) is 12.0. The summed E-state index contributed by atoms with van der Waals surface area (Å²) in [5, 5.41) is 1.56. The Hall–Kier alpha value is -3.13. The minimum Gasteiger partial charge on any atom is -0.497 e. The van der Waals surface area contributed by atoms with Crippen LogP contribution in [0.4, 0.5) is 0 Å². The van der Waals surface area contributed by atoms with Crippen molar-refractivity contribution < 1.29 is 35.4 Å². The molecule has 1 aromatic heterocycles. The van der Waals surface area contributed by atoms with E-state index < -0.39 is 18.4 Å². The molecule has 38 heavy (non-hydrogen) atoms. The molecule has 0 saturated heterocycles. The molecule has 0 radical (unpaired) electrons. The predicted molar refractivity (Wildman–Crippen MR) is 149 cm³/mol. The summed E-state index contributed by atoms with van der Waals surface area (Å²) in [6.07, 6.45) is 0. The van der Waals surface area contributed by atoms with Crippen molar-refractivity contribution in [1.29, 1.82) is 0 Å². The van der Waals surface area contributed by atoms with Gasteiger partial charge in [0.25, 0.3) is 10.1 Å². The van der Waals surface area contributed by atoms with Crippen molar-refractivity contribution in [2.24, 2.45) is 0 Å². The smallest absolute Gasteiger partial charge is 0.453 e. The minimum atomic E-state index is -4.33. The van der Waals surface area contributed by atoms with E-state index in [1.165, 1.54) is 24.3 Å². The third kappa shape index (κ3) is 5.65. The highest BCUT2D eigenvalue weighted by atomic mass is 32.2. The normalized spacial score (nSPS) is 12.6. The zero-order chi connectivity index (χ0) is 28.0. The molecule has 204 valence electrons. The standard InChI is InChI=1S/C28H33O8PS/c1-27(2,3)23-15-18(32-7)13-21-22-14-19(33-8)16-24(28(4,5)6)26(22)36-37(35-25(21)23)34-17-9-11-20(12-10-17)38(29,30)31/h9-16H,1-8H3,(H,29,30,31). The Balaban J connectivity index is 2.14. The summed E-state index contributed by atoms with van der Waals surface area (Å²) in [5.74, 6) is 1.68. The molecule has 10 heteroatoms. The molecule has 0 atom stereocenters. The van der Waals surface area contributed by atoms with E-state index in [0.29, 0.717) is 28.4 Å². The van der Waals surface area contributed by atoms with Gasteiger partial charge in [0.15, 0.2) is 0 Å². The third-order valence-corrected chi connectivity index (χ3v) is 8.03. The maximum atomic E-state index is 11.5. The second kappa shape index (κ2) is 9.88. The number of methoxy groups -OCH3 is 2. The van der Waals surface area contributed by atoms with Crippen molar-refractivity contribution in [1.82, 2.24) is 0 Å².